The highest BCUT2D eigenvalue weighted by molar-refractivity contribution is 9.08. The first-order valence-corrected chi connectivity index (χ1v) is 4.04. The van der Waals surface area contributed by atoms with Crippen LogP contribution in [0.3, 0.4) is 0 Å². The molecule has 0 saturated carbocycles. The number of halogens is 1. The minimum absolute atomic E-state index is 0.657. The van der Waals surface area contributed by atoms with Crippen molar-refractivity contribution >= 4 is 15.9 Å². The standard InChI is InChI=1S/C7H8BrNO/c1-10-7-3-2-6(4-8)5-9-7/h2-3,5H,4H2,1H3. The maximum atomic E-state index is 4.89. The molecule has 0 atom stereocenters. The lowest BCUT2D eigenvalue weighted by Crippen LogP contribution is -1.87. The van der Waals surface area contributed by atoms with Crippen LogP contribution in [0.4, 0.5) is 0 Å². The molecule has 1 aromatic rings. The summed E-state index contributed by atoms with van der Waals surface area (Å²) in [6.07, 6.45) is 1.79. The van der Waals surface area contributed by atoms with Crippen LogP contribution in [0.5, 0.6) is 5.88 Å². The number of hydrogen-bond donors (Lipinski definition) is 0. The predicted octanol–water partition coefficient (Wildman–Crippen LogP) is 1.99. The van der Waals surface area contributed by atoms with E-state index in [0.717, 1.165) is 10.9 Å². The van der Waals surface area contributed by atoms with E-state index < -0.39 is 0 Å². The molecule has 54 valence electrons. The average Bonchev–Trinajstić information content (AvgIpc) is 2.05. The Bertz CT molecular complexity index is 174. The number of alkyl halides is 1. The Labute approximate surface area is 68.4 Å². The van der Waals surface area contributed by atoms with Crippen molar-refractivity contribution in [3.05, 3.63) is 23.9 Å². The van der Waals surface area contributed by atoms with Crippen molar-refractivity contribution in [1.29, 1.82) is 0 Å². The normalized spacial score (nSPS) is 9.40. The number of rotatable bonds is 2. The summed E-state index contributed by atoms with van der Waals surface area (Å²) in [4.78, 5) is 4.02. The predicted molar refractivity (Wildman–Crippen MR) is 43.4 cm³/mol. The molecule has 0 spiro atoms. The maximum Gasteiger partial charge on any atom is 0.212 e. The molecule has 0 saturated heterocycles. The zero-order valence-corrected chi connectivity index (χ0v) is 7.26. The molecule has 0 fully saturated rings. The van der Waals surface area contributed by atoms with Gasteiger partial charge < -0.3 is 4.74 Å². The molecule has 0 aliphatic carbocycles. The summed E-state index contributed by atoms with van der Waals surface area (Å²) in [6, 6.07) is 3.82. The maximum absolute atomic E-state index is 4.89. The number of nitrogens with zero attached hydrogens (tertiary/aromatic N) is 1. The first-order valence-electron chi connectivity index (χ1n) is 2.91. The summed E-state index contributed by atoms with van der Waals surface area (Å²) in [5.41, 5.74) is 1.15. The Morgan fingerprint density at radius 3 is 2.80 bits per heavy atom. The molecule has 0 N–H and O–H groups in total. The molecule has 0 radical (unpaired) electrons. The van der Waals surface area contributed by atoms with Gasteiger partial charge in [-0.3, -0.25) is 0 Å². The van der Waals surface area contributed by atoms with Crippen molar-refractivity contribution < 1.29 is 4.74 Å². The van der Waals surface area contributed by atoms with Gasteiger partial charge in [-0.05, 0) is 5.56 Å². The fourth-order valence-corrected chi connectivity index (χ4v) is 0.942. The fourth-order valence-electron chi connectivity index (χ4n) is 0.611. The molecule has 1 rings (SSSR count). The van der Waals surface area contributed by atoms with E-state index in [1.165, 1.54) is 0 Å². The largest absolute Gasteiger partial charge is 0.481 e. The highest BCUT2D eigenvalue weighted by atomic mass is 79.9. The van der Waals surface area contributed by atoms with Gasteiger partial charge in [0.05, 0.1) is 7.11 Å². The second-order valence-electron chi connectivity index (χ2n) is 1.84. The number of aromatic nitrogens is 1. The van der Waals surface area contributed by atoms with E-state index in [1.807, 2.05) is 12.1 Å². The lowest BCUT2D eigenvalue weighted by atomic mass is 10.3. The van der Waals surface area contributed by atoms with Gasteiger partial charge in [-0.2, -0.15) is 0 Å². The molecule has 3 heteroatoms. The lowest BCUT2D eigenvalue weighted by Gasteiger charge is -1.97. The molecule has 2 nitrogen and oxygen atoms in total. The summed E-state index contributed by atoms with van der Waals surface area (Å²) < 4.78 is 4.89. The molecule has 0 aliphatic heterocycles. The van der Waals surface area contributed by atoms with Crippen molar-refractivity contribution in [2.45, 2.75) is 5.33 Å². The first kappa shape index (κ1) is 7.54. The second-order valence-corrected chi connectivity index (χ2v) is 2.40. The van der Waals surface area contributed by atoms with Crippen LogP contribution in [0.25, 0.3) is 0 Å². The van der Waals surface area contributed by atoms with E-state index in [9.17, 15) is 0 Å². The van der Waals surface area contributed by atoms with Crippen LogP contribution in [0.2, 0.25) is 0 Å². The van der Waals surface area contributed by atoms with E-state index in [4.69, 9.17) is 4.74 Å². The molecule has 0 amide bonds. The average molecular weight is 202 g/mol. The third-order valence-corrected chi connectivity index (χ3v) is 1.81. The van der Waals surface area contributed by atoms with E-state index in [1.54, 1.807) is 13.3 Å². The summed E-state index contributed by atoms with van der Waals surface area (Å²) in [5.74, 6) is 0.657. The Kier molecular flexibility index (Phi) is 2.68. The smallest absolute Gasteiger partial charge is 0.212 e. The monoisotopic (exact) mass is 201 g/mol. The first-order chi connectivity index (χ1) is 4.86. The van der Waals surface area contributed by atoms with Gasteiger partial charge in [-0.25, -0.2) is 4.98 Å². The van der Waals surface area contributed by atoms with Gasteiger partial charge in [0.25, 0.3) is 0 Å². The van der Waals surface area contributed by atoms with Gasteiger partial charge in [-0.15, -0.1) is 0 Å². The third kappa shape index (κ3) is 1.70. The van der Waals surface area contributed by atoms with E-state index in [-0.39, 0.29) is 0 Å². The van der Waals surface area contributed by atoms with Crippen LogP contribution < -0.4 is 4.74 Å². The molecule has 0 unspecified atom stereocenters. The van der Waals surface area contributed by atoms with Crippen LogP contribution in [0.1, 0.15) is 5.56 Å². The van der Waals surface area contributed by atoms with Crippen molar-refractivity contribution in [2.75, 3.05) is 7.11 Å². The molecule has 10 heavy (non-hydrogen) atoms. The van der Waals surface area contributed by atoms with Crippen molar-refractivity contribution in [1.82, 2.24) is 4.98 Å². The van der Waals surface area contributed by atoms with Gasteiger partial charge in [-0.1, -0.05) is 22.0 Å². The van der Waals surface area contributed by atoms with Crippen LogP contribution in [-0.4, -0.2) is 12.1 Å². The number of methoxy groups -OCH3 is 1. The third-order valence-electron chi connectivity index (χ3n) is 1.16. The Morgan fingerprint density at radius 2 is 2.40 bits per heavy atom. The summed E-state index contributed by atoms with van der Waals surface area (Å²) in [5, 5.41) is 0.837. The Hall–Kier alpha value is -0.570. The van der Waals surface area contributed by atoms with E-state index in [0.29, 0.717) is 5.88 Å². The van der Waals surface area contributed by atoms with Crippen LogP contribution in [0.15, 0.2) is 18.3 Å². The Balaban J connectivity index is 2.80. The minimum Gasteiger partial charge on any atom is -0.481 e. The van der Waals surface area contributed by atoms with Gasteiger partial charge >= 0.3 is 0 Å². The van der Waals surface area contributed by atoms with Crippen LogP contribution in [0, 0.1) is 0 Å². The molecule has 1 aromatic heterocycles. The van der Waals surface area contributed by atoms with E-state index >= 15 is 0 Å². The van der Waals surface area contributed by atoms with Gasteiger partial charge in [0.1, 0.15) is 0 Å². The SMILES string of the molecule is COc1ccc(CBr)cn1. The quantitative estimate of drug-likeness (QED) is 0.684. The zero-order chi connectivity index (χ0) is 7.40. The van der Waals surface area contributed by atoms with Crippen molar-refractivity contribution in [2.24, 2.45) is 0 Å². The summed E-state index contributed by atoms with van der Waals surface area (Å²) in [6.45, 7) is 0. The highest BCUT2D eigenvalue weighted by Crippen LogP contribution is 2.08. The molecule has 0 bridgehead atoms. The molecular formula is C7H8BrNO. The van der Waals surface area contributed by atoms with Gasteiger partial charge in [0, 0.05) is 17.6 Å². The fraction of sp³-hybridized carbons (Fsp3) is 0.286. The zero-order valence-electron chi connectivity index (χ0n) is 5.67. The second kappa shape index (κ2) is 3.56. The van der Waals surface area contributed by atoms with Crippen molar-refractivity contribution in [3.8, 4) is 5.88 Å². The van der Waals surface area contributed by atoms with Gasteiger partial charge in [0.15, 0.2) is 0 Å². The molecular weight excluding hydrogens is 194 g/mol. The molecule has 0 aliphatic rings. The summed E-state index contributed by atoms with van der Waals surface area (Å²) in [7, 11) is 1.61. The lowest BCUT2D eigenvalue weighted by molar-refractivity contribution is 0.397. The highest BCUT2D eigenvalue weighted by Gasteiger charge is 1.91. The van der Waals surface area contributed by atoms with Crippen molar-refractivity contribution in [3.63, 3.8) is 0 Å². The van der Waals surface area contributed by atoms with Crippen LogP contribution in [-0.2, 0) is 5.33 Å². The van der Waals surface area contributed by atoms with E-state index in [2.05, 4.69) is 20.9 Å². The van der Waals surface area contributed by atoms with Crippen LogP contribution >= 0.6 is 15.9 Å². The number of hydrogen-bond acceptors (Lipinski definition) is 2. The topological polar surface area (TPSA) is 22.1 Å². The number of ether oxygens (including phenoxy) is 1. The Morgan fingerprint density at radius 1 is 1.60 bits per heavy atom. The van der Waals surface area contributed by atoms with Gasteiger partial charge in [0.2, 0.25) is 5.88 Å². The number of pyridine rings is 1. The molecule has 0 aromatic carbocycles. The summed E-state index contributed by atoms with van der Waals surface area (Å²) >= 11 is 3.32. The molecule has 1 heterocycles. The minimum atomic E-state index is 0.657.